The van der Waals surface area contributed by atoms with E-state index in [0.717, 1.165) is 23.1 Å². The number of aromatic nitrogens is 1. The predicted octanol–water partition coefficient (Wildman–Crippen LogP) is 4.55. The molecule has 0 aliphatic heterocycles. The Morgan fingerprint density at radius 2 is 2.12 bits per heavy atom. The van der Waals surface area contributed by atoms with Gasteiger partial charge in [-0.15, -0.1) is 0 Å². The number of hydrogen-bond acceptors (Lipinski definition) is 5. The first-order chi connectivity index (χ1) is 11.5. The highest BCUT2D eigenvalue weighted by atomic mass is 32.2. The molecule has 2 aromatic heterocycles. The molecule has 0 aliphatic carbocycles. The molecule has 0 aliphatic rings. The number of rotatable bonds is 6. The van der Waals surface area contributed by atoms with Crippen LogP contribution in [0.1, 0.15) is 42.1 Å². The number of thioether (sulfide) groups is 1. The van der Waals surface area contributed by atoms with E-state index in [0.29, 0.717) is 22.5 Å². The van der Waals surface area contributed by atoms with Gasteiger partial charge in [-0.3, -0.25) is 4.79 Å². The van der Waals surface area contributed by atoms with Gasteiger partial charge in [0, 0.05) is 6.04 Å². The fourth-order valence-electron chi connectivity index (χ4n) is 2.18. The maximum absolute atomic E-state index is 12.0. The van der Waals surface area contributed by atoms with Crippen LogP contribution in [0.4, 0.5) is 0 Å². The van der Waals surface area contributed by atoms with Crippen molar-refractivity contribution in [2.24, 2.45) is 0 Å². The van der Waals surface area contributed by atoms with Gasteiger partial charge >= 0.3 is 0 Å². The SMILES string of the molecule is CCC(C)NC(=O)c1ccc(CSc2nc3ccc(C)cc3o2)o1. The van der Waals surface area contributed by atoms with E-state index < -0.39 is 0 Å². The quantitative estimate of drug-likeness (QED) is 0.664. The van der Waals surface area contributed by atoms with Gasteiger partial charge in [0.1, 0.15) is 11.3 Å². The fraction of sp³-hybridized carbons (Fsp3) is 0.333. The maximum atomic E-state index is 12.0. The van der Waals surface area contributed by atoms with Crippen LogP contribution in [0.2, 0.25) is 0 Å². The lowest BCUT2D eigenvalue weighted by molar-refractivity contribution is 0.0910. The number of oxazole rings is 1. The zero-order valence-corrected chi connectivity index (χ0v) is 14.8. The van der Waals surface area contributed by atoms with Gasteiger partial charge in [-0.1, -0.05) is 24.8 Å². The smallest absolute Gasteiger partial charge is 0.287 e. The number of nitrogens with zero attached hydrogens (tertiary/aromatic N) is 1. The van der Waals surface area contributed by atoms with Crippen molar-refractivity contribution in [2.45, 2.75) is 44.2 Å². The molecule has 0 saturated heterocycles. The molecule has 3 rings (SSSR count). The Kier molecular flexibility index (Phi) is 4.94. The van der Waals surface area contributed by atoms with Gasteiger partial charge in [-0.2, -0.15) is 0 Å². The number of amides is 1. The normalized spacial score (nSPS) is 12.5. The summed E-state index contributed by atoms with van der Waals surface area (Å²) in [5.41, 5.74) is 2.76. The van der Waals surface area contributed by atoms with Crippen molar-refractivity contribution in [3.8, 4) is 0 Å². The molecule has 2 heterocycles. The molecular weight excluding hydrogens is 324 g/mol. The molecule has 6 heteroatoms. The number of carbonyl (C=O) groups excluding carboxylic acids is 1. The number of furan rings is 1. The van der Waals surface area contributed by atoms with Crippen molar-refractivity contribution in [1.82, 2.24) is 10.3 Å². The van der Waals surface area contributed by atoms with Crippen LogP contribution in [-0.4, -0.2) is 16.9 Å². The van der Waals surface area contributed by atoms with E-state index in [1.165, 1.54) is 11.8 Å². The van der Waals surface area contributed by atoms with E-state index in [1.807, 2.05) is 45.0 Å². The molecule has 1 atom stereocenters. The van der Waals surface area contributed by atoms with Crippen molar-refractivity contribution in [3.05, 3.63) is 47.4 Å². The summed E-state index contributed by atoms with van der Waals surface area (Å²) in [6.07, 6.45) is 0.881. The minimum Gasteiger partial charge on any atom is -0.455 e. The standard InChI is InChI=1S/C18H20N2O3S/c1-4-12(3)19-17(21)15-8-6-13(22-15)10-24-18-20-14-7-5-11(2)9-16(14)23-18/h5-9,12H,4,10H2,1-3H3,(H,19,21). The summed E-state index contributed by atoms with van der Waals surface area (Å²) < 4.78 is 11.3. The highest BCUT2D eigenvalue weighted by Crippen LogP contribution is 2.27. The Morgan fingerprint density at radius 3 is 2.92 bits per heavy atom. The van der Waals surface area contributed by atoms with Crippen LogP contribution < -0.4 is 5.32 Å². The molecule has 1 aromatic carbocycles. The number of aryl methyl sites for hydroxylation is 1. The van der Waals surface area contributed by atoms with E-state index in [-0.39, 0.29) is 11.9 Å². The number of nitrogens with one attached hydrogen (secondary N) is 1. The van der Waals surface area contributed by atoms with Crippen LogP contribution in [0.5, 0.6) is 0 Å². The second-order valence-electron chi connectivity index (χ2n) is 5.79. The molecule has 1 unspecified atom stereocenters. The van der Waals surface area contributed by atoms with E-state index in [4.69, 9.17) is 8.83 Å². The first kappa shape index (κ1) is 16.6. The summed E-state index contributed by atoms with van der Waals surface area (Å²) in [5, 5.41) is 3.48. The Hall–Kier alpha value is -2.21. The topological polar surface area (TPSA) is 68.3 Å². The Labute approximate surface area is 144 Å². The Morgan fingerprint density at radius 1 is 1.29 bits per heavy atom. The summed E-state index contributed by atoms with van der Waals surface area (Å²) in [4.78, 5) is 16.4. The van der Waals surface area contributed by atoms with Crippen molar-refractivity contribution < 1.29 is 13.6 Å². The lowest BCUT2D eigenvalue weighted by atomic mass is 10.2. The van der Waals surface area contributed by atoms with Crippen LogP contribution in [0, 0.1) is 6.92 Å². The first-order valence-corrected chi connectivity index (χ1v) is 8.93. The van der Waals surface area contributed by atoms with Gasteiger partial charge in [0.05, 0.1) is 5.75 Å². The zero-order valence-electron chi connectivity index (χ0n) is 14.0. The van der Waals surface area contributed by atoms with Crippen LogP contribution in [-0.2, 0) is 5.75 Å². The largest absolute Gasteiger partial charge is 0.455 e. The van der Waals surface area contributed by atoms with Gasteiger partial charge in [0.2, 0.25) is 0 Å². The summed E-state index contributed by atoms with van der Waals surface area (Å²) in [5.74, 6) is 1.42. The summed E-state index contributed by atoms with van der Waals surface area (Å²) in [6.45, 7) is 6.01. The third-order valence-corrected chi connectivity index (χ3v) is 4.59. The lowest BCUT2D eigenvalue weighted by Gasteiger charge is -2.09. The summed E-state index contributed by atoms with van der Waals surface area (Å²) in [7, 11) is 0. The molecule has 1 N–H and O–H groups in total. The minimum atomic E-state index is -0.182. The van der Waals surface area contributed by atoms with E-state index in [1.54, 1.807) is 6.07 Å². The summed E-state index contributed by atoms with van der Waals surface area (Å²) in [6, 6.07) is 9.56. The molecule has 3 aromatic rings. The molecule has 1 amide bonds. The molecule has 0 fully saturated rings. The number of carbonyl (C=O) groups is 1. The monoisotopic (exact) mass is 344 g/mol. The highest BCUT2D eigenvalue weighted by Gasteiger charge is 2.14. The molecule has 24 heavy (non-hydrogen) atoms. The zero-order chi connectivity index (χ0) is 17.1. The fourth-order valence-corrected chi connectivity index (χ4v) is 2.91. The van der Waals surface area contributed by atoms with Crippen molar-refractivity contribution in [3.63, 3.8) is 0 Å². The first-order valence-electron chi connectivity index (χ1n) is 7.94. The van der Waals surface area contributed by atoms with Gasteiger partial charge in [0.25, 0.3) is 11.1 Å². The van der Waals surface area contributed by atoms with Crippen LogP contribution in [0.3, 0.4) is 0 Å². The third-order valence-electron chi connectivity index (χ3n) is 3.74. The number of benzene rings is 1. The van der Waals surface area contributed by atoms with Crippen LogP contribution in [0.15, 0.2) is 44.4 Å². The molecule has 0 radical (unpaired) electrons. The van der Waals surface area contributed by atoms with Gasteiger partial charge in [0.15, 0.2) is 11.3 Å². The molecule has 126 valence electrons. The average Bonchev–Trinajstić information content (AvgIpc) is 3.18. The van der Waals surface area contributed by atoms with Crippen molar-refractivity contribution >= 4 is 28.8 Å². The summed E-state index contributed by atoms with van der Waals surface area (Å²) >= 11 is 1.45. The molecular formula is C18H20N2O3S. The van der Waals surface area contributed by atoms with E-state index in [2.05, 4.69) is 10.3 Å². The molecule has 0 bridgehead atoms. The number of hydrogen-bond donors (Lipinski definition) is 1. The average molecular weight is 344 g/mol. The molecule has 0 spiro atoms. The molecule has 0 saturated carbocycles. The van der Waals surface area contributed by atoms with Gasteiger partial charge in [-0.05, 0) is 50.1 Å². The lowest BCUT2D eigenvalue weighted by Crippen LogP contribution is -2.31. The van der Waals surface area contributed by atoms with Crippen LogP contribution in [0.25, 0.3) is 11.1 Å². The van der Waals surface area contributed by atoms with Crippen molar-refractivity contribution in [1.29, 1.82) is 0 Å². The van der Waals surface area contributed by atoms with Crippen molar-refractivity contribution in [2.75, 3.05) is 0 Å². The molecule has 5 nitrogen and oxygen atoms in total. The van der Waals surface area contributed by atoms with E-state index in [9.17, 15) is 4.79 Å². The Balaban J connectivity index is 1.63. The highest BCUT2D eigenvalue weighted by molar-refractivity contribution is 7.98. The van der Waals surface area contributed by atoms with Crippen LogP contribution >= 0.6 is 11.8 Å². The predicted molar refractivity (Wildman–Crippen MR) is 94.2 cm³/mol. The second-order valence-corrected chi connectivity index (χ2v) is 6.71. The third kappa shape index (κ3) is 3.82. The number of fused-ring (bicyclic) bond motifs is 1. The second kappa shape index (κ2) is 7.13. The Bertz CT molecular complexity index is 853. The van der Waals surface area contributed by atoms with E-state index >= 15 is 0 Å². The van der Waals surface area contributed by atoms with Gasteiger partial charge in [-0.25, -0.2) is 4.98 Å². The minimum absolute atomic E-state index is 0.128. The van der Waals surface area contributed by atoms with Gasteiger partial charge < -0.3 is 14.2 Å². The maximum Gasteiger partial charge on any atom is 0.287 e.